The molecule has 2 heterocycles. The van der Waals surface area contributed by atoms with Gasteiger partial charge in [0.1, 0.15) is 5.82 Å². The molecule has 0 spiro atoms. The van der Waals surface area contributed by atoms with E-state index in [-0.39, 0.29) is 24.4 Å². The highest BCUT2D eigenvalue weighted by Gasteiger charge is 2.22. The Hall–Kier alpha value is -1.83. The molecular formula is C15H16FN3O2S. The monoisotopic (exact) mass is 321 g/mol. The number of hydrogen-bond acceptors (Lipinski definition) is 5. The summed E-state index contributed by atoms with van der Waals surface area (Å²) in [7, 11) is 0. The average molecular weight is 321 g/mol. The summed E-state index contributed by atoms with van der Waals surface area (Å²) in [6, 6.07) is 6.07. The van der Waals surface area contributed by atoms with Crippen LogP contribution in [0.3, 0.4) is 0 Å². The molecule has 5 nitrogen and oxygen atoms in total. The van der Waals surface area contributed by atoms with E-state index in [9.17, 15) is 14.3 Å². The van der Waals surface area contributed by atoms with Crippen LogP contribution in [-0.4, -0.2) is 46.6 Å². The van der Waals surface area contributed by atoms with Crippen molar-refractivity contribution in [2.24, 2.45) is 0 Å². The van der Waals surface area contributed by atoms with Crippen LogP contribution in [0.2, 0.25) is 0 Å². The topological polar surface area (TPSA) is 65.5 Å². The maximum absolute atomic E-state index is 12.9. The van der Waals surface area contributed by atoms with Crippen molar-refractivity contribution in [2.45, 2.75) is 12.5 Å². The summed E-state index contributed by atoms with van der Waals surface area (Å²) in [4.78, 5) is 18.2. The lowest BCUT2D eigenvalue weighted by atomic mass is 10.2. The summed E-state index contributed by atoms with van der Waals surface area (Å²) in [5, 5.41) is 14.5. The molecule has 0 aliphatic carbocycles. The Morgan fingerprint density at radius 2 is 2.23 bits per heavy atom. The first-order valence-corrected chi connectivity index (χ1v) is 7.90. The van der Waals surface area contributed by atoms with Crippen LogP contribution in [0.15, 0.2) is 29.6 Å². The van der Waals surface area contributed by atoms with Crippen LogP contribution in [0, 0.1) is 5.82 Å². The van der Waals surface area contributed by atoms with E-state index >= 15 is 0 Å². The lowest BCUT2D eigenvalue weighted by molar-refractivity contribution is -0.117. The van der Waals surface area contributed by atoms with Gasteiger partial charge in [0.15, 0.2) is 5.13 Å². The van der Waals surface area contributed by atoms with E-state index in [1.54, 1.807) is 12.1 Å². The van der Waals surface area contributed by atoms with Gasteiger partial charge in [-0.1, -0.05) is 0 Å². The Bertz CT molecular complexity index is 659. The average Bonchev–Trinajstić information content (AvgIpc) is 3.09. The maximum Gasteiger partial charge on any atom is 0.240 e. The van der Waals surface area contributed by atoms with Crippen molar-refractivity contribution in [3.05, 3.63) is 35.5 Å². The molecule has 1 amide bonds. The van der Waals surface area contributed by atoms with Gasteiger partial charge in [0.25, 0.3) is 0 Å². The Morgan fingerprint density at radius 3 is 2.91 bits per heavy atom. The molecule has 1 saturated heterocycles. The fraction of sp³-hybridized carbons (Fsp3) is 0.333. The van der Waals surface area contributed by atoms with Crippen LogP contribution >= 0.6 is 11.3 Å². The van der Waals surface area contributed by atoms with E-state index in [0.717, 1.165) is 12.1 Å². The number of carbonyl (C=O) groups excluding carboxylic acids is 1. The molecule has 1 aromatic carbocycles. The van der Waals surface area contributed by atoms with Crippen LogP contribution < -0.4 is 5.32 Å². The predicted octanol–water partition coefficient (Wildman–Crippen LogP) is 1.95. The van der Waals surface area contributed by atoms with Gasteiger partial charge in [0.05, 0.1) is 18.3 Å². The number of thiazole rings is 1. The van der Waals surface area contributed by atoms with Gasteiger partial charge in [-0.25, -0.2) is 9.37 Å². The minimum atomic E-state index is -0.335. The normalized spacial score (nSPS) is 18.5. The highest BCUT2D eigenvalue weighted by molar-refractivity contribution is 7.14. The molecule has 0 bridgehead atoms. The fourth-order valence-corrected chi connectivity index (χ4v) is 3.14. The molecule has 0 radical (unpaired) electrons. The molecule has 1 atom stereocenters. The standard InChI is InChI=1S/C15H16FN3O2S/c16-11-3-1-10(2-4-11)13-9-22-15(17-13)18-14(21)8-19-6-5-12(20)7-19/h1-4,9,12,20H,5-8H2,(H,17,18,21)/t12-/m1/s1. The molecule has 2 aromatic rings. The summed E-state index contributed by atoms with van der Waals surface area (Å²) in [6.45, 7) is 1.52. The number of aliphatic hydroxyl groups excluding tert-OH is 1. The second kappa shape index (κ2) is 6.51. The Kier molecular flexibility index (Phi) is 4.47. The lowest BCUT2D eigenvalue weighted by Gasteiger charge is -2.13. The minimum absolute atomic E-state index is 0.144. The summed E-state index contributed by atoms with van der Waals surface area (Å²) in [5.74, 6) is -0.436. The highest BCUT2D eigenvalue weighted by Crippen LogP contribution is 2.25. The first-order valence-electron chi connectivity index (χ1n) is 7.02. The molecule has 0 saturated carbocycles. The third-order valence-electron chi connectivity index (χ3n) is 3.51. The van der Waals surface area contributed by atoms with E-state index in [4.69, 9.17) is 0 Å². The second-order valence-electron chi connectivity index (χ2n) is 5.27. The van der Waals surface area contributed by atoms with Crippen molar-refractivity contribution >= 4 is 22.4 Å². The third kappa shape index (κ3) is 3.68. The van der Waals surface area contributed by atoms with E-state index in [0.29, 0.717) is 23.8 Å². The number of nitrogens with one attached hydrogen (secondary N) is 1. The van der Waals surface area contributed by atoms with Crippen molar-refractivity contribution in [3.63, 3.8) is 0 Å². The van der Waals surface area contributed by atoms with Crippen LogP contribution in [0.4, 0.5) is 9.52 Å². The Morgan fingerprint density at radius 1 is 1.45 bits per heavy atom. The number of aromatic nitrogens is 1. The van der Waals surface area contributed by atoms with E-state index in [1.807, 2.05) is 10.3 Å². The molecule has 3 rings (SSSR count). The van der Waals surface area contributed by atoms with Crippen LogP contribution in [-0.2, 0) is 4.79 Å². The zero-order chi connectivity index (χ0) is 15.5. The summed E-state index contributed by atoms with van der Waals surface area (Å²) in [5.41, 5.74) is 1.51. The molecule has 1 aliphatic rings. The van der Waals surface area contributed by atoms with Crippen molar-refractivity contribution < 1.29 is 14.3 Å². The second-order valence-corrected chi connectivity index (χ2v) is 6.13. The highest BCUT2D eigenvalue weighted by atomic mass is 32.1. The Balaban J connectivity index is 1.59. The summed E-state index contributed by atoms with van der Waals surface area (Å²) in [6.07, 6.45) is 0.372. The summed E-state index contributed by atoms with van der Waals surface area (Å²) >= 11 is 1.33. The predicted molar refractivity (Wildman–Crippen MR) is 83.2 cm³/mol. The molecule has 1 aromatic heterocycles. The lowest BCUT2D eigenvalue weighted by Crippen LogP contribution is -2.32. The molecule has 1 fully saturated rings. The molecule has 0 unspecified atom stereocenters. The molecule has 116 valence electrons. The van der Waals surface area contributed by atoms with Gasteiger partial charge >= 0.3 is 0 Å². The van der Waals surface area contributed by atoms with Gasteiger partial charge < -0.3 is 10.4 Å². The first-order chi connectivity index (χ1) is 10.6. The fourth-order valence-electron chi connectivity index (χ4n) is 2.40. The number of hydrogen-bond donors (Lipinski definition) is 2. The smallest absolute Gasteiger partial charge is 0.240 e. The SMILES string of the molecule is O=C(CN1CC[C@@H](O)C1)Nc1nc(-c2ccc(F)cc2)cs1. The largest absolute Gasteiger partial charge is 0.392 e. The van der Waals surface area contributed by atoms with Crippen molar-refractivity contribution in [1.29, 1.82) is 0 Å². The number of aliphatic hydroxyl groups is 1. The molecule has 1 aliphatic heterocycles. The Labute approximate surface area is 131 Å². The van der Waals surface area contributed by atoms with Crippen LogP contribution in [0.1, 0.15) is 6.42 Å². The molecule has 2 N–H and O–H groups in total. The number of β-amino-alcohol motifs (C(OH)–C–C–N with tert-alkyl or cyclic N) is 1. The summed E-state index contributed by atoms with van der Waals surface area (Å²) < 4.78 is 12.9. The van der Waals surface area contributed by atoms with Crippen molar-refractivity contribution in [2.75, 3.05) is 25.0 Å². The maximum atomic E-state index is 12.9. The van der Waals surface area contributed by atoms with Gasteiger partial charge in [-0.3, -0.25) is 9.69 Å². The molecule has 22 heavy (non-hydrogen) atoms. The quantitative estimate of drug-likeness (QED) is 0.903. The van der Waals surface area contributed by atoms with Crippen LogP contribution in [0.25, 0.3) is 11.3 Å². The number of amides is 1. The van der Waals surface area contributed by atoms with Crippen LogP contribution in [0.5, 0.6) is 0 Å². The number of halogens is 1. The first kappa shape index (κ1) is 15.1. The minimum Gasteiger partial charge on any atom is -0.392 e. The number of likely N-dealkylation sites (tertiary alicyclic amines) is 1. The zero-order valence-electron chi connectivity index (χ0n) is 11.8. The van der Waals surface area contributed by atoms with Gasteiger partial charge in [-0.2, -0.15) is 0 Å². The molecular weight excluding hydrogens is 305 g/mol. The number of anilines is 1. The van der Waals surface area contributed by atoms with E-state index in [1.165, 1.54) is 23.5 Å². The zero-order valence-corrected chi connectivity index (χ0v) is 12.6. The van der Waals surface area contributed by atoms with E-state index < -0.39 is 0 Å². The van der Waals surface area contributed by atoms with Gasteiger partial charge in [-0.15, -0.1) is 11.3 Å². The van der Waals surface area contributed by atoms with Gasteiger partial charge in [-0.05, 0) is 30.7 Å². The van der Waals surface area contributed by atoms with Gasteiger partial charge in [0, 0.05) is 24.0 Å². The molecule has 7 heteroatoms. The number of nitrogens with zero attached hydrogens (tertiary/aromatic N) is 2. The van der Waals surface area contributed by atoms with Gasteiger partial charge in [0.2, 0.25) is 5.91 Å². The number of rotatable bonds is 4. The third-order valence-corrected chi connectivity index (χ3v) is 4.26. The van der Waals surface area contributed by atoms with E-state index in [2.05, 4.69) is 10.3 Å². The van der Waals surface area contributed by atoms with Crippen molar-refractivity contribution in [1.82, 2.24) is 9.88 Å². The van der Waals surface area contributed by atoms with Crippen molar-refractivity contribution in [3.8, 4) is 11.3 Å². The number of carbonyl (C=O) groups is 1. The number of benzene rings is 1.